The van der Waals surface area contributed by atoms with Gasteiger partial charge < -0.3 is 5.32 Å². The van der Waals surface area contributed by atoms with E-state index >= 15 is 0 Å². The van der Waals surface area contributed by atoms with Crippen LogP contribution in [0.3, 0.4) is 0 Å². The average molecular weight is 507 g/mol. The number of carbonyl (C=O) groups is 1. The Labute approximate surface area is 208 Å². The van der Waals surface area contributed by atoms with Crippen LogP contribution in [-0.2, 0) is 28.9 Å². The van der Waals surface area contributed by atoms with Crippen LogP contribution in [0.5, 0.6) is 0 Å². The lowest BCUT2D eigenvalue weighted by Gasteiger charge is -2.22. The molecular weight excluding hydrogens is 480 g/mol. The topological polar surface area (TPSA) is 119 Å². The van der Waals surface area contributed by atoms with Gasteiger partial charge in [-0.2, -0.15) is 4.72 Å². The highest BCUT2D eigenvalue weighted by Gasteiger charge is 2.29. The summed E-state index contributed by atoms with van der Waals surface area (Å²) < 4.78 is 31.5. The molecule has 4 aromatic rings. The van der Waals surface area contributed by atoms with Gasteiger partial charge in [-0.05, 0) is 36.2 Å². The van der Waals surface area contributed by atoms with E-state index < -0.39 is 33.2 Å². The Morgan fingerprint density at radius 1 is 0.833 bits per heavy atom. The second-order valence-electron chi connectivity index (χ2n) is 8.49. The number of fused-ring (bicyclic) bond motifs is 1. The van der Waals surface area contributed by atoms with E-state index in [0.717, 1.165) is 10.1 Å². The summed E-state index contributed by atoms with van der Waals surface area (Å²) >= 11 is 0. The van der Waals surface area contributed by atoms with Crippen LogP contribution in [0.1, 0.15) is 30.1 Å². The van der Waals surface area contributed by atoms with Gasteiger partial charge in [0.1, 0.15) is 6.04 Å². The zero-order valence-corrected chi connectivity index (χ0v) is 20.8. The molecule has 36 heavy (non-hydrogen) atoms. The fraction of sp³-hybridized carbons (Fsp3) is 0.192. The molecule has 0 bridgehead atoms. The molecule has 0 aliphatic rings. The third-order valence-electron chi connectivity index (χ3n) is 6.08. The van der Waals surface area contributed by atoms with Crippen LogP contribution < -0.4 is 21.3 Å². The Balaban J connectivity index is 1.71. The second kappa shape index (κ2) is 9.92. The lowest BCUT2D eigenvalue weighted by molar-refractivity contribution is -0.123. The zero-order chi connectivity index (χ0) is 26.0. The van der Waals surface area contributed by atoms with E-state index in [4.69, 9.17) is 0 Å². The standard InChI is InChI=1S/C26H26N4O5S/c1-17(18-10-6-4-7-11-18)27-24(31)23(19-12-8-5-9-13-19)28-36(34,35)20-14-15-22-21(16-20)25(32)30(3)26(33)29(22)2/h4-17,23,28H,1-3H3,(H,27,31). The molecule has 1 amide bonds. The summed E-state index contributed by atoms with van der Waals surface area (Å²) in [6.45, 7) is 1.81. The van der Waals surface area contributed by atoms with Gasteiger partial charge in [-0.3, -0.25) is 18.7 Å². The van der Waals surface area contributed by atoms with E-state index in [-0.39, 0.29) is 16.3 Å². The molecule has 0 saturated heterocycles. The monoisotopic (exact) mass is 506 g/mol. The molecular formula is C26H26N4O5S. The number of carbonyl (C=O) groups excluding carboxylic acids is 1. The Morgan fingerprint density at radius 3 is 2.03 bits per heavy atom. The van der Waals surface area contributed by atoms with Crippen LogP contribution in [0.15, 0.2) is 93.3 Å². The van der Waals surface area contributed by atoms with Crippen molar-refractivity contribution < 1.29 is 13.2 Å². The number of hydrogen-bond donors (Lipinski definition) is 2. The molecule has 0 aliphatic carbocycles. The van der Waals surface area contributed by atoms with E-state index in [1.54, 1.807) is 30.3 Å². The van der Waals surface area contributed by atoms with Crippen molar-refractivity contribution >= 4 is 26.8 Å². The summed E-state index contributed by atoms with van der Waals surface area (Å²) in [5.74, 6) is -0.528. The molecule has 0 fully saturated rings. The Morgan fingerprint density at radius 2 is 1.42 bits per heavy atom. The molecule has 1 aromatic heterocycles. The van der Waals surface area contributed by atoms with Gasteiger partial charge in [0.2, 0.25) is 15.9 Å². The van der Waals surface area contributed by atoms with E-state index in [1.807, 2.05) is 37.3 Å². The van der Waals surface area contributed by atoms with E-state index in [1.165, 1.54) is 36.9 Å². The lowest BCUT2D eigenvalue weighted by Crippen LogP contribution is -2.41. The molecule has 186 valence electrons. The minimum atomic E-state index is -4.24. The van der Waals surface area contributed by atoms with Crippen molar-refractivity contribution in [2.45, 2.75) is 23.9 Å². The van der Waals surface area contributed by atoms with Crippen molar-refractivity contribution in [2.75, 3.05) is 0 Å². The molecule has 2 unspecified atom stereocenters. The van der Waals surface area contributed by atoms with Crippen LogP contribution in [0.25, 0.3) is 10.9 Å². The SMILES string of the molecule is CC(NC(=O)C(NS(=O)(=O)c1ccc2c(c1)c(=O)n(C)c(=O)n2C)c1ccccc1)c1ccccc1. The Kier molecular flexibility index (Phi) is 6.91. The van der Waals surface area contributed by atoms with Crippen molar-refractivity contribution in [3.63, 3.8) is 0 Å². The van der Waals surface area contributed by atoms with Crippen LogP contribution >= 0.6 is 0 Å². The maximum absolute atomic E-state index is 13.4. The first kappa shape index (κ1) is 25.1. The van der Waals surface area contributed by atoms with Crippen LogP contribution in [0, 0.1) is 0 Å². The number of aromatic nitrogens is 2. The van der Waals surface area contributed by atoms with Crippen molar-refractivity contribution in [3.05, 3.63) is 111 Å². The van der Waals surface area contributed by atoms with Gasteiger partial charge in [-0.1, -0.05) is 60.7 Å². The molecule has 0 aliphatic heterocycles. The number of nitrogens with one attached hydrogen (secondary N) is 2. The highest BCUT2D eigenvalue weighted by Crippen LogP contribution is 2.21. The number of rotatable bonds is 7. The van der Waals surface area contributed by atoms with Crippen LogP contribution in [0.4, 0.5) is 0 Å². The number of nitrogens with zero attached hydrogens (tertiary/aromatic N) is 2. The third kappa shape index (κ3) is 4.86. The van der Waals surface area contributed by atoms with E-state index in [0.29, 0.717) is 11.1 Å². The number of benzene rings is 3. The highest BCUT2D eigenvalue weighted by atomic mass is 32.2. The molecule has 1 heterocycles. The van der Waals surface area contributed by atoms with Crippen molar-refractivity contribution in [3.8, 4) is 0 Å². The first-order valence-corrected chi connectivity index (χ1v) is 12.7. The van der Waals surface area contributed by atoms with Gasteiger partial charge in [-0.25, -0.2) is 13.2 Å². The summed E-state index contributed by atoms with van der Waals surface area (Å²) in [4.78, 5) is 38.0. The molecule has 10 heteroatoms. The summed E-state index contributed by atoms with van der Waals surface area (Å²) in [5.41, 5.74) is 0.499. The minimum absolute atomic E-state index is 0.0703. The molecule has 2 atom stereocenters. The maximum atomic E-state index is 13.4. The second-order valence-corrected chi connectivity index (χ2v) is 10.2. The normalized spacial score (nSPS) is 13.3. The predicted molar refractivity (Wildman–Crippen MR) is 137 cm³/mol. The minimum Gasteiger partial charge on any atom is -0.348 e. The fourth-order valence-electron chi connectivity index (χ4n) is 4.01. The highest BCUT2D eigenvalue weighted by molar-refractivity contribution is 7.89. The maximum Gasteiger partial charge on any atom is 0.330 e. The molecule has 9 nitrogen and oxygen atoms in total. The van der Waals surface area contributed by atoms with Gasteiger partial charge in [0.15, 0.2) is 0 Å². The first-order valence-electron chi connectivity index (χ1n) is 11.2. The Bertz CT molecular complexity index is 1650. The number of sulfonamides is 1. The summed E-state index contributed by atoms with van der Waals surface area (Å²) in [6.07, 6.45) is 0. The molecule has 3 aromatic carbocycles. The Hall–Kier alpha value is -4.02. The first-order chi connectivity index (χ1) is 17.1. The van der Waals surface area contributed by atoms with E-state index in [2.05, 4.69) is 10.0 Å². The van der Waals surface area contributed by atoms with Crippen molar-refractivity contribution in [1.29, 1.82) is 0 Å². The van der Waals surface area contributed by atoms with Crippen LogP contribution in [-0.4, -0.2) is 23.5 Å². The van der Waals surface area contributed by atoms with Gasteiger partial charge in [0.25, 0.3) is 5.56 Å². The largest absolute Gasteiger partial charge is 0.348 e. The average Bonchev–Trinajstić information content (AvgIpc) is 2.89. The molecule has 0 saturated carbocycles. The zero-order valence-electron chi connectivity index (χ0n) is 20.0. The summed E-state index contributed by atoms with van der Waals surface area (Å²) in [5, 5.41) is 2.94. The summed E-state index contributed by atoms with van der Waals surface area (Å²) in [6, 6.07) is 20.2. The third-order valence-corrected chi connectivity index (χ3v) is 7.50. The predicted octanol–water partition coefficient (Wildman–Crippen LogP) is 2.13. The van der Waals surface area contributed by atoms with Crippen molar-refractivity contribution in [1.82, 2.24) is 19.2 Å². The number of hydrogen-bond acceptors (Lipinski definition) is 5. The smallest absolute Gasteiger partial charge is 0.330 e. The lowest BCUT2D eigenvalue weighted by atomic mass is 10.1. The van der Waals surface area contributed by atoms with E-state index in [9.17, 15) is 22.8 Å². The van der Waals surface area contributed by atoms with Gasteiger partial charge in [0.05, 0.1) is 21.8 Å². The van der Waals surface area contributed by atoms with Gasteiger partial charge >= 0.3 is 5.69 Å². The number of amides is 1. The quantitative estimate of drug-likeness (QED) is 0.398. The molecule has 0 radical (unpaired) electrons. The fourth-order valence-corrected chi connectivity index (χ4v) is 5.21. The van der Waals surface area contributed by atoms with Crippen LogP contribution in [0.2, 0.25) is 0 Å². The molecule has 0 spiro atoms. The van der Waals surface area contributed by atoms with Gasteiger partial charge in [-0.15, -0.1) is 0 Å². The van der Waals surface area contributed by atoms with Gasteiger partial charge in [0, 0.05) is 14.1 Å². The molecule has 4 rings (SSSR count). The molecule has 2 N–H and O–H groups in total. The van der Waals surface area contributed by atoms with Crippen molar-refractivity contribution in [2.24, 2.45) is 14.1 Å². The summed E-state index contributed by atoms with van der Waals surface area (Å²) in [7, 11) is -1.42. The number of aryl methyl sites for hydroxylation is 1.